The highest BCUT2D eigenvalue weighted by molar-refractivity contribution is 6.31. The van der Waals surface area contributed by atoms with E-state index in [1.54, 1.807) is 25.1 Å². The van der Waals surface area contributed by atoms with Crippen molar-refractivity contribution in [2.75, 3.05) is 12.0 Å². The largest absolute Gasteiger partial charge is 0.458 e. The normalized spacial score (nSPS) is 31.5. The monoisotopic (exact) mass is 664 g/mol. The number of carbonyl (C=O) groups is 3. The topological polar surface area (TPSA) is 123 Å². The van der Waals surface area contributed by atoms with E-state index < -0.39 is 41.7 Å². The summed E-state index contributed by atoms with van der Waals surface area (Å²) in [6, 6.07) is 3.52. The number of nitrogens with one attached hydrogen (secondary N) is 3. The molecule has 0 radical (unpaired) electrons. The standard InChI is InChI=1S/C34H47Cl2FN4O4/c1-19(8-7-9-22(36)18-37)27-28(29(42)39-23-12-14-33(6,15-13-23)45-30(43)20(2)38)41-26(17-32(3,4)5)34(27)24-11-10-21(35)16-25(24)40-31(34)44/h7-11,16,19-20,23,26-28,41H,12-15,17-18,38H2,1-6H3,(H,39,42)(H,40,44)/b8-7-,22-9+/t19?,20-,23-,26+,27-,28+,33-,34-/m0/s1. The van der Waals surface area contributed by atoms with E-state index in [2.05, 4.69) is 36.7 Å². The summed E-state index contributed by atoms with van der Waals surface area (Å²) in [5.74, 6) is -1.59. The molecular formula is C34H47Cl2FN4O4. The highest BCUT2D eigenvalue weighted by Crippen LogP contribution is 2.55. The average Bonchev–Trinajstić information content (AvgIpc) is 3.43. The first-order valence-electron chi connectivity index (χ1n) is 15.8. The Hall–Kier alpha value is -2.46. The van der Waals surface area contributed by atoms with Crippen molar-refractivity contribution in [2.24, 2.45) is 23.0 Å². The van der Waals surface area contributed by atoms with Gasteiger partial charge in [-0.2, -0.15) is 0 Å². The van der Waals surface area contributed by atoms with Gasteiger partial charge >= 0.3 is 5.97 Å². The number of amides is 2. The van der Waals surface area contributed by atoms with Gasteiger partial charge in [0.05, 0.1) is 11.5 Å². The highest BCUT2D eigenvalue weighted by atomic mass is 35.5. The highest BCUT2D eigenvalue weighted by Gasteiger charge is 2.66. The van der Waals surface area contributed by atoms with E-state index in [0.29, 0.717) is 42.8 Å². The molecule has 2 fully saturated rings. The van der Waals surface area contributed by atoms with Gasteiger partial charge in [0.25, 0.3) is 0 Å². The number of carbonyl (C=O) groups excluding carboxylic acids is 3. The number of allylic oxidation sites excluding steroid dienone is 4. The zero-order chi connectivity index (χ0) is 33.3. The minimum absolute atomic E-state index is 0.0621. The lowest BCUT2D eigenvalue weighted by Crippen LogP contribution is -2.53. The Morgan fingerprint density at radius 1 is 1.24 bits per heavy atom. The van der Waals surface area contributed by atoms with E-state index in [4.69, 9.17) is 33.7 Å². The number of hydrogen-bond acceptors (Lipinski definition) is 6. The van der Waals surface area contributed by atoms with E-state index in [1.165, 1.54) is 6.08 Å². The van der Waals surface area contributed by atoms with Gasteiger partial charge in [-0.25, -0.2) is 4.39 Å². The second-order valence-corrected chi connectivity index (χ2v) is 15.4. The van der Waals surface area contributed by atoms with Crippen LogP contribution in [-0.2, 0) is 24.5 Å². The molecule has 0 aromatic heterocycles. The van der Waals surface area contributed by atoms with Crippen molar-refractivity contribution in [2.45, 2.75) is 109 Å². The van der Waals surface area contributed by atoms with Crippen molar-refractivity contribution in [1.29, 1.82) is 0 Å². The molecule has 1 unspecified atom stereocenters. The fraction of sp³-hybridized carbons (Fsp3) is 0.618. The van der Waals surface area contributed by atoms with Crippen molar-refractivity contribution in [1.82, 2.24) is 10.6 Å². The third-order valence-corrected chi connectivity index (χ3v) is 9.92. The van der Waals surface area contributed by atoms with E-state index in [0.717, 1.165) is 5.56 Å². The third kappa shape index (κ3) is 7.58. The maximum absolute atomic E-state index is 14.3. The van der Waals surface area contributed by atoms with Crippen molar-refractivity contribution in [3.8, 4) is 0 Å². The molecule has 8 nitrogen and oxygen atoms in total. The molecule has 1 aromatic rings. The van der Waals surface area contributed by atoms with Gasteiger partial charge in [0.2, 0.25) is 11.8 Å². The fourth-order valence-corrected chi connectivity index (χ4v) is 7.59. The lowest BCUT2D eigenvalue weighted by molar-refractivity contribution is -0.163. The molecule has 1 saturated heterocycles. The van der Waals surface area contributed by atoms with Gasteiger partial charge in [-0.1, -0.05) is 69.1 Å². The lowest BCUT2D eigenvalue weighted by atomic mass is 9.61. The van der Waals surface area contributed by atoms with Gasteiger partial charge in [0.15, 0.2) is 0 Å². The Balaban J connectivity index is 1.69. The van der Waals surface area contributed by atoms with Crippen molar-refractivity contribution in [3.05, 3.63) is 52.0 Å². The molecule has 1 aromatic carbocycles. The summed E-state index contributed by atoms with van der Waals surface area (Å²) in [6.45, 7) is 11.0. The quantitative estimate of drug-likeness (QED) is 0.192. The predicted molar refractivity (Wildman–Crippen MR) is 177 cm³/mol. The summed E-state index contributed by atoms with van der Waals surface area (Å²) in [4.78, 5) is 40.7. The Kier molecular flexibility index (Phi) is 10.8. The van der Waals surface area contributed by atoms with E-state index in [1.807, 2.05) is 26.0 Å². The number of ether oxygens (including phenoxy) is 1. The number of rotatable bonds is 9. The molecule has 4 rings (SSSR count). The molecule has 0 bridgehead atoms. The maximum atomic E-state index is 14.3. The Labute approximate surface area is 276 Å². The van der Waals surface area contributed by atoms with Crippen LogP contribution >= 0.6 is 23.2 Å². The van der Waals surface area contributed by atoms with Gasteiger partial charge in [-0.15, -0.1) is 0 Å². The Bertz CT molecular complexity index is 1350. The summed E-state index contributed by atoms with van der Waals surface area (Å²) in [6.07, 6.45) is 8.13. The molecule has 1 spiro atoms. The average molecular weight is 666 g/mol. The second kappa shape index (κ2) is 13.7. The molecule has 45 heavy (non-hydrogen) atoms. The SMILES string of the molecule is CC(/C=C\C=C(\Cl)CF)[C@H]1[C@H](C(=O)N[C@H]2CC[C@](C)(OC(=O)[C@H](C)N)CC2)N[C@H](CC(C)(C)C)[C@]12C(=O)Nc1cc(Cl)ccc12. The van der Waals surface area contributed by atoms with Crippen LogP contribution in [0, 0.1) is 17.3 Å². The smallest absolute Gasteiger partial charge is 0.323 e. The molecule has 5 N–H and O–H groups in total. The number of anilines is 1. The number of nitrogens with two attached hydrogens (primary N) is 1. The summed E-state index contributed by atoms with van der Waals surface area (Å²) in [5.41, 5.74) is 5.27. The van der Waals surface area contributed by atoms with Crippen LogP contribution in [0.1, 0.15) is 79.2 Å². The van der Waals surface area contributed by atoms with Crippen LogP contribution in [0.3, 0.4) is 0 Å². The Morgan fingerprint density at radius 3 is 2.51 bits per heavy atom. The summed E-state index contributed by atoms with van der Waals surface area (Å²) in [7, 11) is 0. The number of benzene rings is 1. The minimum atomic E-state index is -1.08. The molecule has 3 aliphatic rings. The third-order valence-electron chi connectivity index (χ3n) is 9.46. The summed E-state index contributed by atoms with van der Waals surface area (Å²) < 4.78 is 18.7. The maximum Gasteiger partial charge on any atom is 0.323 e. The number of alkyl halides is 1. The first kappa shape index (κ1) is 35.4. The number of esters is 1. The van der Waals surface area contributed by atoms with E-state index in [9.17, 15) is 18.8 Å². The Morgan fingerprint density at radius 2 is 1.91 bits per heavy atom. The molecule has 1 saturated carbocycles. The summed E-state index contributed by atoms with van der Waals surface area (Å²) >= 11 is 12.3. The molecule has 2 amide bonds. The number of halogens is 3. The molecule has 2 aliphatic heterocycles. The van der Waals surface area contributed by atoms with Crippen LogP contribution in [-0.4, -0.2) is 54.2 Å². The fourth-order valence-electron chi connectivity index (χ4n) is 7.34. The molecule has 248 valence electrons. The molecule has 6 atom stereocenters. The zero-order valence-corrected chi connectivity index (χ0v) is 28.5. The van der Waals surface area contributed by atoms with E-state index in [-0.39, 0.29) is 40.3 Å². The van der Waals surface area contributed by atoms with Gasteiger partial charge in [-0.05, 0) is 81.1 Å². The van der Waals surface area contributed by atoms with Crippen LogP contribution in [0.2, 0.25) is 5.02 Å². The first-order chi connectivity index (χ1) is 21.0. The van der Waals surface area contributed by atoms with Crippen molar-refractivity contribution >= 4 is 46.7 Å². The zero-order valence-electron chi connectivity index (χ0n) is 27.0. The molecule has 2 heterocycles. The first-order valence-corrected chi connectivity index (χ1v) is 16.5. The number of hydrogen-bond donors (Lipinski definition) is 4. The van der Waals surface area contributed by atoms with E-state index >= 15 is 0 Å². The van der Waals surface area contributed by atoms with Crippen LogP contribution in [0.4, 0.5) is 10.1 Å². The van der Waals surface area contributed by atoms with Crippen LogP contribution in [0.5, 0.6) is 0 Å². The summed E-state index contributed by atoms with van der Waals surface area (Å²) in [5, 5.41) is 10.5. The van der Waals surface area contributed by atoms with Crippen molar-refractivity contribution in [3.63, 3.8) is 0 Å². The molecule has 1 aliphatic carbocycles. The predicted octanol–water partition coefficient (Wildman–Crippen LogP) is 5.92. The van der Waals surface area contributed by atoms with Crippen molar-refractivity contribution < 1.29 is 23.5 Å². The lowest BCUT2D eigenvalue weighted by Gasteiger charge is -2.40. The molecule has 11 heteroatoms. The second-order valence-electron chi connectivity index (χ2n) is 14.4. The molecular weight excluding hydrogens is 618 g/mol. The van der Waals surface area contributed by atoms with Crippen LogP contribution in [0.25, 0.3) is 0 Å². The van der Waals surface area contributed by atoms with Gasteiger partial charge in [0.1, 0.15) is 18.3 Å². The number of fused-ring (bicyclic) bond motifs is 2. The minimum Gasteiger partial charge on any atom is -0.458 e. The van der Waals surface area contributed by atoms with Crippen LogP contribution < -0.4 is 21.7 Å². The van der Waals surface area contributed by atoms with Gasteiger partial charge in [0, 0.05) is 33.7 Å². The van der Waals surface area contributed by atoms with Crippen LogP contribution in [0.15, 0.2) is 41.5 Å². The van der Waals surface area contributed by atoms with Gasteiger partial charge < -0.3 is 26.4 Å². The van der Waals surface area contributed by atoms with Gasteiger partial charge in [-0.3, -0.25) is 14.4 Å².